The Bertz CT molecular complexity index is 1610. The number of carbonyl (C=O) groups excluding carboxylic acids is 2. The third kappa shape index (κ3) is 5.78. The summed E-state index contributed by atoms with van der Waals surface area (Å²) >= 11 is 0. The SMILES string of the molecule is CC(C)N(C)c1cc2c(c(CN(C)C(=O)OC(C)(C)C)n1)CN(c1cccc(-c3nncn3-c3cccnc3)n1)C2=O. The standard InChI is InChI=1S/C30H35N9O3/c1-19(2)37(7)26-14-21-22(24(34-26)17-36(6)29(41)42-30(3,4)5)16-38(28(21)40)25-12-8-11-23(33-25)27-35-32-18-39(27)20-10-9-13-31-15-20/h8-15,18-19H,16-17H2,1-7H3. The van der Waals surface area contributed by atoms with Gasteiger partial charge in [-0.3, -0.25) is 19.2 Å². The zero-order chi connectivity index (χ0) is 30.2. The van der Waals surface area contributed by atoms with Crippen LogP contribution < -0.4 is 9.80 Å². The van der Waals surface area contributed by atoms with Crippen molar-refractivity contribution in [2.75, 3.05) is 23.9 Å². The Labute approximate surface area is 245 Å². The van der Waals surface area contributed by atoms with Crippen molar-refractivity contribution < 1.29 is 14.3 Å². The van der Waals surface area contributed by atoms with Crippen molar-refractivity contribution in [3.05, 3.63) is 71.9 Å². The topological polar surface area (TPSA) is 122 Å². The Morgan fingerprint density at radius 1 is 1.12 bits per heavy atom. The van der Waals surface area contributed by atoms with Crippen LogP contribution in [0.1, 0.15) is 56.2 Å². The highest BCUT2D eigenvalue weighted by atomic mass is 16.6. The number of hydrogen-bond donors (Lipinski definition) is 0. The van der Waals surface area contributed by atoms with E-state index in [0.717, 1.165) is 11.3 Å². The maximum absolute atomic E-state index is 13.9. The highest BCUT2D eigenvalue weighted by Gasteiger charge is 2.34. The second-order valence-corrected chi connectivity index (χ2v) is 11.5. The van der Waals surface area contributed by atoms with Crippen molar-refractivity contribution in [3.8, 4) is 17.2 Å². The summed E-state index contributed by atoms with van der Waals surface area (Å²) in [6, 6.07) is 11.2. The van der Waals surface area contributed by atoms with E-state index in [1.165, 1.54) is 4.90 Å². The summed E-state index contributed by atoms with van der Waals surface area (Å²) in [5.41, 5.74) is 2.63. The molecule has 12 nitrogen and oxygen atoms in total. The Balaban J connectivity index is 1.50. The molecule has 0 bridgehead atoms. The number of rotatable bonds is 7. The number of aromatic nitrogens is 6. The van der Waals surface area contributed by atoms with E-state index in [2.05, 4.69) is 29.0 Å². The van der Waals surface area contributed by atoms with E-state index in [1.54, 1.807) is 41.3 Å². The third-order valence-electron chi connectivity index (χ3n) is 6.93. The van der Waals surface area contributed by atoms with E-state index in [4.69, 9.17) is 14.7 Å². The lowest BCUT2D eigenvalue weighted by molar-refractivity contribution is 0.0282. The number of anilines is 2. The van der Waals surface area contributed by atoms with Crippen LogP contribution in [0.2, 0.25) is 0 Å². The minimum absolute atomic E-state index is 0.148. The summed E-state index contributed by atoms with van der Waals surface area (Å²) in [4.78, 5) is 45.6. The molecule has 0 fully saturated rings. The van der Waals surface area contributed by atoms with Crippen LogP contribution in [0.25, 0.3) is 17.2 Å². The summed E-state index contributed by atoms with van der Waals surface area (Å²) in [6.45, 7) is 10.0. The van der Waals surface area contributed by atoms with E-state index in [-0.39, 0.29) is 25.0 Å². The van der Waals surface area contributed by atoms with Crippen LogP contribution in [0, 0.1) is 0 Å². The van der Waals surface area contributed by atoms with Gasteiger partial charge in [-0.25, -0.2) is 14.8 Å². The number of ether oxygens (including phenoxy) is 1. The van der Waals surface area contributed by atoms with E-state index < -0.39 is 11.7 Å². The summed E-state index contributed by atoms with van der Waals surface area (Å²) in [5.74, 6) is 1.46. The number of fused-ring (bicyclic) bond motifs is 1. The molecule has 4 aromatic rings. The fourth-order valence-electron chi connectivity index (χ4n) is 4.54. The molecule has 1 aliphatic rings. The molecule has 42 heavy (non-hydrogen) atoms. The molecule has 0 saturated carbocycles. The van der Waals surface area contributed by atoms with E-state index in [0.29, 0.717) is 34.4 Å². The molecular formula is C30H35N9O3. The first-order valence-electron chi connectivity index (χ1n) is 13.7. The van der Waals surface area contributed by atoms with Crippen molar-refractivity contribution in [2.45, 2.75) is 59.4 Å². The molecule has 0 spiro atoms. The maximum atomic E-state index is 13.9. The molecule has 0 aliphatic carbocycles. The molecule has 5 heterocycles. The van der Waals surface area contributed by atoms with Crippen LogP contribution in [-0.4, -0.2) is 72.4 Å². The molecule has 0 unspecified atom stereocenters. The summed E-state index contributed by atoms with van der Waals surface area (Å²) in [7, 11) is 3.60. The van der Waals surface area contributed by atoms with Gasteiger partial charge in [-0.1, -0.05) is 6.07 Å². The zero-order valence-corrected chi connectivity index (χ0v) is 24.9. The van der Waals surface area contributed by atoms with Crippen molar-refractivity contribution in [1.82, 2.24) is 34.6 Å². The number of carbonyl (C=O) groups is 2. The number of amides is 2. The van der Waals surface area contributed by atoms with Gasteiger partial charge < -0.3 is 14.5 Å². The van der Waals surface area contributed by atoms with E-state index in [9.17, 15) is 9.59 Å². The molecule has 4 aromatic heterocycles. The van der Waals surface area contributed by atoms with Gasteiger partial charge in [-0.05, 0) is 65.0 Å². The lowest BCUT2D eigenvalue weighted by Gasteiger charge is -2.26. The van der Waals surface area contributed by atoms with E-state index in [1.807, 2.05) is 63.1 Å². The van der Waals surface area contributed by atoms with Gasteiger partial charge in [-0.2, -0.15) is 0 Å². The van der Waals surface area contributed by atoms with Gasteiger partial charge in [0.15, 0.2) is 5.82 Å². The van der Waals surface area contributed by atoms with Gasteiger partial charge in [0.25, 0.3) is 5.91 Å². The second kappa shape index (κ2) is 11.2. The average molecular weight is 570 g/mol. The summed E-state index contributed by atoms with van der Waals surface area (Å²) in [6.07, 6.45) is 4.55. The van der Waals surface area contributed by atoms with Crippen LogP contribution in [0.15, 0.2) is 55.1 Å². The van der Waals surface area contributed by atoms with Crippen molar-refractivity contribution >= 4 is 23.6 Å². The fourth-order valence-corrected chi connectivity index (χ4v) is 4.54. The van der Waals surface area contributed by atoms with Crippen LogP contribution in [0.5, 0.6) is 0 Å². The van der Waals surface area contributed by atoms with Crippen molar-refractivity contribution in [3.63, 3.8) is 0 Å². The van der Waals surface area contributed by atoms with Crippen molar-refractivity contribution in [1.29, 1.82) is 0 Å². The third-order valence-corrected chi connectivity index (χ3v) is 6.93. The van der Waals surface area contributed by atoms with Crippen LogP contribution >= 0.6 is 0 Å². The quantitative estimate of drug-likeness (QED) is 0.317. The predicted molar refractivity (Wildman–Crippen MR) is 158 cm³/mol. The minimum Gasteiger partial charge on any atom is -0.444 e. The number of hydrogen-bond acceptors (Lipinski definition) is 9. The smallest absolute Gasteiger partial charge is 0.410 e. The monoisotopic (exact) mass is 569 g/mol. The predicted octanol–water partition coefficient (Wildman–Crippen LogP) is 4.49. The number of nitrogens with zero attached hydrogens (tertiary/aromatic N) is 9. The first-order chi connectivity index (χ1) is 19.9. The highest BCUT2D eigenvalue weighted by molar-refractivity contribution is 6.10. The summed E-state index contributed by atoms with van der Waals surface area (Å²) in [5, 5.41) is 8.35. The minimum atomic E-state index is -0.634. The molecule has 1 aliphatic heterocycles. The van der Waals surface area contributed by atoms with Gasteiger partial charge in [0.1, 0.15) is 29.3 Å². The maximum Gasteiger partial charge on any atom is 0.410 e. The molecule has 0 radical (unpaired) electrons. The van der Waals surface area contributed by atoms with Crippen LogP contribution in [-0.2, 0) is 17.8 Å². The molecule has 12 heteroatoms. The molecule has 2 amide bonds. The molecule has 0 N–H and O–H groups in total. The fraction of sp³-hybridized carbons (Fsp3) is 0.367. The lowest BCUT2D eigenvalue weighted by atomic mass is 10.1. The van der Waals surface area contributed by atoms with Crippen LogP contribution in [0.3, 0.4) is 0 Å². The molecule has 5 rings (SSSR count). The first-order valence-corrected chi connectivity index (χ1v) is 13.7. The largest absolute Gasteiger partial charge is 0.444 e. The Hall–Kier alpha value is -4.87. The van der Waals surface area contributed by atoms with Gasteiger partial charge in [0, 0.05) is 31.9 Å². The normalized spacial score (nSPS) is 13.0. The first kappa shape index (κ1) is 28.7. The Kier molecular flexibility index (Phi) is 7.63. The summed E-state index contributed by atoms with van der Waals surface area (Å²) < 4.78 is 7.35. The van der Waals surface area contributed by atoms with Gasteiger partial charge in [0.2, 0.25) is 0 Å². The van der Waals surface area contributed by atoms with Gasteiger partial charge in [0.05, 0.1) is 36.2 Å². The Morgan fingerprint density at radius 2 is 1.90 bits per heavy atom. The zero-order valence-electron chi connectivity index (χ0n) is 24.9. The highest BCUT2D eigenvalue weighted by Crippen LogP contribution is 2.33. The molecular weight excluding hydrogens is 534 g/mol. The molecule has 0 aromatic carbocycles. The molecule has 0 atom stereocenters. The van der Waals surface area contributed by atoms with Crippen molar-refractivity contribution in [2.24, 2.45) is 0 Å². The van der Waals surface area contributed by atoms with Crippen LogP contribution in [0.4, 0.5) is 16.4 Å². The average Bonchev–Trinajstić information content (AvgIpc) is 3.57. The molecule has 0 saturated heterocycles. The Morgan fingerprint density at radius 3 is 2.60 bits per heavy atom. The molecule has 218 valence electrons. The lowest BCUT2D eigenvalue weighted by Crippen LogP contribution is -2.34. The van der Waals surface area contributed by atoms with Gasteiger partial charge in [-0.15, -0.1) is 10.2 Å². The second-order valence-electron chi connectivity index (χ2n) is 11.5. The van der Waals surface area contributed by atoms with Gasteiger partial charge >= 0.3 is 6.09 Å². The number of pyridine rings is 3. The van der Waals surface area contributed by atoms with E-state index >= 15 is 0 Å².